The van der Waals surface area contributed by atoms with Crippen LogP contribution in [0.3, 0.4) is 0 Å². The van der Waals surface area contributed by atoms with Gasteiger partial charge in [0, 0.05) is 6.54 Å². The number of likely N-dealkylation sites (N-methyl/N-ethyl adjacent to an activating group) is 1. The molecule has 1 saturated heterocycles. The van der Waals surface area contributed by atoms with E-state index in [4.69, 9.17) is 0 Å². The first-order chi connectivity index (χ1) is 8.43. The molecule has 1 amide bonds. The maximum Gasteiger partial charge on any atom is 0.416 e. The van der Waals surface area contributed by atoms with E-state index in [2.05, 4.69) is 5.32 Å². The molecule has 0 bridgehead atoms. The van der Waals surface area contributed by atoms with Crippen molar-refractivity contribution >= 4 is 5.91 Å². The summed E-state index contributed by atoms with van der Waals surface area (Å²) in [6, 6.07) is 5.06. The average Bonchev–Trinajstić information content (AvgIpc) is 2.69. The van der Waals surface area contributed by atoms with E-state index in [1.165, 1.54) is 11.0 Å². The Balaban J connectivity index is 2.32. The maximum absolute atomic E-state index is 12.6. The molecule has 6 heteroatoms. The van der Waals surface area contributed by atoms with Gasteiger partial charge in [0.15, 0.2) is 0 Å². The minimum atomic E-state index is -4.37. The molecule has 1 unspecified atom stereocenters. The van der Waals surface area contributed by atoms with E-state index in [-0.39, 0.29) is 12.5 Å². The van der Waals surface area contributed by atoms with E-state index in [1.54, 1.807) is 13.0 Å². The molecule has 1 aromatic rings. The molecule has 1 atom stereocenters. The summed E-state index contributed by atoms with van der Waals surface area (Å²) in [7, 11) is 0. The molecule has 0 radical (unpaired) electrons. The van der Waals surface area contributed by atoms with Crippen LogP contribution in [0.4, 0.5) is 13.2 Å². The molecule has 1 heterocycles. The van der Waals surface area contributed by atoms with Crippen LogP contribution in [0.25, 0.3) is 0 Å². The molecule has 1 aromatic carbocycles. The second kappa shape index (κ2) is 4.61. The van der Waals surface area contributed by atoms with Crippen LogP contribution in [0, 0.1) is 0 Å². The third-order valence-electron chi connectivity index (χ3n) is 2.95. The Kier molecular flexibility index (Phi) is 3.30. The van der Waals surface area contributed by atoms with Gasteiger partial charge in [-0.05, 0) is 24.6 Å². The van der Waals surface area contributed by atoms with Crippen LogP contribution in [-0.4, -0.2) is 23.9 Å². The number of hydrogen-bond acceptors (Lipinski definition) is 2. The van der Waals surface area contributed by atoms with E-state index in [9.17, 15) is 18.0 Å². The van der Waals surface area contributed by atoms with Crippen molar-refractivity contribution in [3.8, 4) is 0 Å². The predicted molar refractivity (Wildman–Crippen MR) is 59.6 cm³/mol. The van der Waals surface area contributed by atoms with Gasteiger partial charge in [-0.25, -0.2) is 0 Å². The number of carbonyl (C=O) groups excluding carboxylic acids is 1. The molecule has 1 fully saturated rings. The van der Waals surface area contributed by atoms with Crippen LogP contribution < -0.4 is 5.32 Å². The molecular formula is C12H13F3N2O. The summed E-state index contributed by atoms with van der Waals surface area (Å²) >= 11 is 0. The largest absolute Gasteiger partial charge is 0.416 e. The summed E-state index contributed by atoms with van der Waals surface area (Å²) < 4.78 is 37.8. The molecule has 0 aromatic heterocycles. The molecular weight excluding hydrogens is 245 g/mol. The Morgan fingerprint density at radius 2 is 2.17 bits per heavy atom. The van der Waals surface area contributed by atoms with Gasteiger partial charge in [0.2, 0.25) is 5.91 Å². The van der Waals surface area contributed by atoms with Crippen molar-refractivity contribution in [2.45, 2.75) is 19.3 Å². The minimum Gasteiger partial charge on any atom is -0.322 e. The van der Waals surface area contributed by atoms with E-state index < -0.39 is 17.9 Å². The highest BCUT2D eigenvalue weighted by Crippen LogP contribution is 2.32. The second-order valence-electron chi connectivity index (χ2n) is 4.09. The van der Waals surface area contributed by atoms with Gasteiger partial charge >= 0.3 is 6.18 Å². The number of benzene rings is 1. The van der Waals surface area contributed by atoms with Crippen LogP contribution >= 0.6 is 0 Å². The third-order valence-corrected chi connectivity index (χ3v) is 2.95. The SMILES string of the molecule is CCN1C(=O)CNC1c1cccc(C(F)(F)F)c1. The van der Waals surface area contributed by atoms with Gasteiger partial charge in [-0.3, -0.25) is 10.1 Å². The van der Waals surface area contributed by atoms with Crippen molar-refractivity contribution in [1.82, 2.24) is 10.2 Å². The normalized spacial score (nSPS) is 20.6. The first-order valence-electron chi connectivity index (χ1n) is 5.63. The zero-order chi connectivity index (χ0) is 13.3. The van der Waals surface area contributed by atoms with Crippen LogP contribution in [0.2, 0.25) is 0 Å². The summed E-state index contributed by atoms with van der Waals surface area (Å²) in [6.07, 6.45) is -4.83. The van der Waals surface area contributed by atoms with Gasteiger partial charge in [-0.2, -0.15) is 13.2 Å². The van der Waals surface area contributed by atoms with Crippen LogP contribution in [0.1, 0.15) is 24.2 Å². The lowest BCUT2D eigenvalue weighted by Crippen LogP contribution is -2.30. The summed E-state index contributed by atoms with van der Waals surface area (Å²) in [5.74, 6) is -0.0973. The highest BCUT2D eigenvalue weighted by molar-refractivity contribution is 5.80. The fourth-order valence-corrected chi connectivity index (χ4v) is 2.08. The van der Waals surface area contributed by atoms with E-state index >= 15 is 0 Å². The van der Waals surface area contributed by atoms with Crippen LogP contribution in [0.5, 0.6) is 0 Å². The molecule has 0 aliphatic carbocycles. The number of nitrogens with zero attached hydrogens (tertiary/aromatic N) is 1. The van der Waals surface area contributed by atoms with Crippen molar-refractivity contribution in [3.05, 3.63) is 35.4 Å². The fraction of sp³-hybridized carbons (Fsp3) is 0.417. The van der Waals surface area contributed by atoms with Crippen molar-refractivity contribution < 1.29 is 18.0 Å². The topological polar surface area (TPSA) is 32.3 Å². The molecule has 0 spiro atoms. The van der Waals surface area contributed by atoms with Gasteiger partial charge in [-0.1, -0.05) is 12.1 Å². The highest BCUT2D eigenvalue weighted by Gasteiger charge is 2.34. The van der Waals surface area contributed by atoms with E-state index in [1.807, 2.05) is 0 Å². The molecule has 1 aliphatic heterocycles. The van der Waals surface area contributed by atoms with Gasteiger partial charge in [0.05, 0.1) is 12.1 Å². The smallest absolute Gasteiger partial charge is 0.322 e. The zero-order valence-electron chi connectivity index (χ0n) is 9.79. The lowest BCUT2D eigenvalue weighted by Gasteiger charge is -2.23. The molecule has 2 rings (SSSR count). The number of halogens is 3. The van der Waals surface area contributed by atoms with Gasteiger partial charge < -0.3 is 4.90 Å². The number of amides is 1. The van der Waals surface area contributed by atoms with Crippen molar-refractivity contribution in [3.63, 3.8) is 0 Å². The van der Waals surface area contributed by atoms with Crippen molar-refractivity contribution in [1.29, 1.82) is 0 Å². The first-order valence-corrected chi connectivity index (χ1v) is 5.63. The summed E-state index contributed by atoms with van der Waals surface area (Å²) in [5, 5.41) is 2.91. The third kappa shape index (κ3) is 2.33. The molecule has 1 N–H and O–H groups in total. The summed E-state index contributed by atoms with van der Waals surface area (Å²) in [6.45, 7) is 2.42. The highest BCUT2D eigenvalue weighted by atomic mass is 19.4. The average molecular weight is 258 g/mol. The number of alkyl halides is 3. The Bertz CT molecular complexity index is 459. The van der Waals surface area contributed by atoms with Crippen LogP contribution in [0.15, 0.2) is 24.3 Å². The summed E-state index contributed by atoms with van der Waals surface area (Å²) in [5.41, 5.74) is -0.241. The Morgan fingerprint density at radius 1 is 1.44 bits per heavy atom. The lowest BCUT2D eigenvalue weighted by atomic mass is 10.1. The van der Waals surface area contributed by atoms with Gasteiger partial charge in [0.1, 0.15) is 6.17 Å². The number of hydrogen-bond donors (Lipinski definition) is 1. The molecule has 1 aliphatic rings. The Hall–Kier alpha value is -1.56. The van der Waals surface area contributed by atoms with Crippen molar-refractivity contribution in [2.24, 2.45) is 0 Å². The number of carbonyl (C=O) groups is 1. The first kappa shape index (κ1) is 12.9. The monoisotopic (exact) mass is 258 g/mol. The van der Waals surface area contributed by atoms with Crippen molar-refractivity contribution in [2.75, 3.05) is 13.1 Å². The standard InChI is InChI=1S/C12H13F3N2O/c1-2-17-10(18)7-16-11(17)8-4-3-5-9(6-8)12(13,14)15/h3-6,11,16H,2,7H2,1H3. The fourth-order valence-electron chi connectivity index (χ4n) is 2.08. The minimum absolute atomic E-state index is 0.0973. The van der Waals surface area contributed by atoms with Gasteiger partial charge in [0.25, 0.3) is 0 Å². The molecule has 18 heavy (non-hydrogen) atoms. The Morgan fingerprint density at radius 3 is 2.78 bits per heavy atom. The number of rotatable bonds is 2. The lowest BCUT2D eigenvalue weighted by molar-refractivity contribution is -0.137. The molecule has 98 valence electrons. The second-order valence-corrected chi connectivity index (χ2v) is 4.09. The molecule has 0 saturated carbocycles. The molecule has 3 nitrogen and oxygen atoms in total. The quantitative estimate of drug-likeness (QED) is 0.881. The summed E-state index contributed by atoms with van der Waals surface area (Å²) in [4.78, 5) is 13.0. The van der Waals surface area contributed by atoms with E-state index in [0.717, 1.165) is 12.1 Å². The van der Waals surface area contributed by atoms with Gasteiger partial charge in [-0.15, -0.1) is 0 Å². The maximum atomic E-state index is 12.6. The van der Waals surface area contributed by atoms with E-state index in [0.29, 0.717) is 12.1 Å². The number of nitrogens with one attached hydrogen (secondary N) is 1. The predicted octanol–water partition coefficient (Wildman–Crippen LogP) is 2.16. The zero-order valence-corrected chi connectivity index (χ0v) is 9.79. The van der Waals surface area contributed by atoms with Crippen LogP contribution in [-0.2, 0) is 11.0 Å². The Labute approximate surface area is 103 Å².